The number of nitrogens with zero attached hydrogens (tertiary/aromatic N) is 1. The van der Waals surface area contributed by atoms with Crippen molar-refractivity contribution >= 4 is 46.8 Å². The molecule has 3 aromatic rings. The molecule has 6 nitrogen and oxygen atoms in total. The van der Waals surface area contributed by atoms with Gasteiger partial charge in [0.15, 0.2) is 0 Å². The number of nitrogens with one attached hydrogen (secondary N) is 1. The number of para-hydroxylation sites is 1. The minimum atomic E-state index is -1.13. The maximum Gasteiger partial charge on any atom is 0.337 e. The molecule has 0 spiro atoms. The molecular weight excluding hydrogens is 415 g/mol. The van der Waals surface area contributed by atoms with Gasteiger partial charge in [-0.05, 0) is 36.4 Å². The van der Waals surface area contributed by atoms with Crippen LogP contribution in [0.5, 0.6) is 0 Å². The molecule has 0 aliphatic carbocycles. The van der Waals surface area contributed by atoms with E-state index >= 15 is 0 Å². The third-order valence-corrected chi connectivity index (χ3v) is 4.53. The Morgan fingerprint density at radius 1 is 1.07 bits per heavy atom. The first-order valence-corrected chi connectivity index (χ1v) is 8.95. The fraction of sp³-hybridized carbons (Fsp3) is 0. The van der Waals surface area contributed by atoms with Gasteiger partial charge in [-0.15, -0.1) is 0 Å². The van der Waals surface area contributed by atoms with Crippen LogP contribution in [0.25, 0.3) is 17.4 Å². The summed E-state index contributed by atoms with van der Waals surface area (Å²) in [4.78, 5) is 23.4. The monoisotopic (exact) mass is 426 g/mol. The summed E-state index contributed by atoms with van der Waals surface area (Å²) in [6.45, 7) is 0. The summed E-state index contributed by atoms with van der Waals surface area (Å²) in [7, 11) is 0. The predicted molar refractivity (Wildman–Crippen MR) is 110 cm³/mol. The van der Waals surface area contributed by atoms with Gasteiger partial charge in [-0.1, -0.05) is 41.4 Å². The molecular formula is C21H12Cl2N2O4. The maximum atomic E-state index is 12.3. The number of nitriles is 1. The molecule has 0 unspecified atom stereocenters. The second-order valence-electron chi connectivity index (χ2n) is 5.81. The van der Waals surface area contributed by atoms with Crippen LogP contribution >= 0.6 is 23.2 Å². The summed E-state index contributed by atoms with van der Waals surface area (Å²) in [5, 5.41) is 21.3. The topological polar surface area (TPSA) is 103 Å². The van der Waals surface area contributed by atoms with Gasteiger partial charge in [-0.2, -0.15) is 5.26 Å². The first-order valence-electron chi connectivity index (χ1n) is 8.20. The number of carbonyl (C=O) groups excluding carboxylic acids is 1. The molecule has 1 aromatic heterocycles. The molecule has 0 aliphatic rings. The van der Waals surface area contributed by atoms with Gasteiger partial charge >= 0.3 is 5.97 Å². The number of halogens is 2. The van der Waals surface area contributed by atoms with E-state index in [0.29, 0.717) is 22.0 Å². The molecule has 2 aromatic carbocycles. The molecule has 144 valence electrons. The molecule has 0 radical (unpaired) electrons. The minimum absolute atomic E-state index is 0.0231. The van der Waals surface area contributed by atoms with Gasteiger partial charge in [0.2, 0.25) is 0 Å². The van der Waals surface area contributed by atoms with Crippen molar-refractivity contribution in [1.82, 2.24) is 0 Å². The van der Waals surface area contributed by atoms with E-state index in [4.69, 9.17) is 32.7 Å². The maximum absolute atomic E-state index is 12.3. The van der Waals surface area contributed by atoms with Crippen LogP contribution in [0.2, 0.25) is 10.0 Å². The highest BCUT2D eigenvalue weighted by atomic mass is 35.5. The molecule has 0 atom stereocenters. The molecule has 29 heavy (non-hydrogen) atoms. The van der Waals surface area contributed by atoms with Crippen LogP contribution in [0.3, 0.4) is 0 Å². The van der Waals surface area contributed by atoms with E-state index in [1.165, 1.54) is 18.2 Å². The van der Waals surface area contributed by atoms with Crippen molar-refractivity contribution < 1.29 is 19.1 Å². The van der Waals surface area contributed by atoms with Crippen molar-refractivity contribution in [3.8, 4) is 17.4 Å². The van der Waals surface area contributed by atoms with Crippen molar-refractivity contribution in [1.29, 1.82) is 5.26 Å². The quantitative estimate of drug-likeness (QED) is 0.414. The third-order valence-electron chi connectivity index (χ3n) is 3.88. The summed E-state index contributed by atoms with van der Waals surface area (Å²) in [6.07, 6.45) is 1.29. The molecule has 1 amide bonds. The molecule has 3 rings (SSSR count). The van der Waals surface area contributed by atoms with Crippen LogP contribution in [-0.4, -0.2) is 17.0 Å². The zero-order valence-corrected chi connectivity index (χ0v) is 16.2. The Balaban J connectivity index is 1.83. The summed E-state index contributed by atoms with van der Waals surface area (Å²) >= 11 is 12.0. The van der Waals surface area contributed by atoms with Crippen molar-refractivity contribution in [2.24, 2.45) is 0 Å². The first-order chi connectivity index (χ1) is 13.9. The van der Waals surface area contributed by atoms with E-state index in [9.17, 15) is 14.9 Å². The number of rotatable bonds is 5. The van der Waals surface area contributed by atoms with Crippen molar-refractivity contribution in [3.63, 3.8) is 0 Å². The highest BCUT2D eigenvalue weighted by Gasteiger charge is 2.14. The van der Waals surface area contributed by atoms with Crippen LogP contribution in [0.4, 0.5) is 5.69 Å². The summed E-state index contributed by atoms with van der Waals surface area (Å²) in [5.41, 5.74) is 0.738. The fourth-order valence-corrected chi connectivity index (χ4v) is 2.91. The second kappa shape index (κ2) is 8.65. The number of benzene rings is 2. The van der Waals surface area contributed by atoms with E-state index < -0.39 is 11.9 Å². The van der Waals surface area contributed by atoms with Crippen molar-refractivity contribution in [2.75, 3.05) is 5.32 Å². The van der Waals surface area contributed by atoms with Gasteiger partial charge in [-0.3, -0.25) is 4.79 Å². The highest BCUT2D eigenvalue weighted by molar-refractivity contribution is 6.34. The Labute approximate surface area is 175 Å². The average Bonchev–Trinajstić information content (AvgIpc) is 3.16. The number of amides is 1. The number of carbonyl (C=O) groups is 2. The lowest BCUT2D eigenvalue weighted by molar-refractivity contribution is -0.112. The largest absolute Gasteiger partial charge is 0.478 e. The smallest absolute Gasteiger partial charge is 0.337 e. The van der Waals surface area contributed by atoms with Crippen molar-refractivity contribution in [2.45, 2.75) is 0 Å². The number of carboxylic acids is 1. The number of aromatic carboxylic acids is 1. The molecule has 0 aliphatic heterocycles. The van der Waals surface area contributed by atoms with Crippen LogP contribution in [0, 0.1) is 11.3 Å². The molecule has 0 bridgehead atoms. The van der Waals surface area contributed by atoms with Crippen LogP contribution in [-0.2, 0) is 4.79 Å². The second-order valence-corrected chi connectivity index (χ2v) is 6.62. The SMILES string of the molecule is N#C/C(=C/c1ccc(-c2ccc(C(=O)O)c(Cl)c2)o1)C(=O)Nc1ccccc1Cl. The van der Waals surface area contributed by atoms with E-state index in [1.807, 2.05) is 6.07 Å². The van der Waals surface area contributed by atoms with Gasteiger partial charge in [0, 0.05) is 11.6 Å². The Morgan fingerprint density at radius 3 is 2.48 bits per heavy atom. The highest BCUT2D eigenvalue weighted by Crippen LogP contribution is 2.28. The van der Waals surface area contributed by atoms with Gasteiger partial charge in [0.05, 0.1) is 21.3 Å². The molecule has 2 N–H and O–H groups in total. The molecule has 0 fully saturated rings. The number of furan rings is 1. The summed E-state index contributed by atoms with van der Waals surface area (Å²) in [5.74, 6) is -1.09. The summed E-state index contributed by atoms with van der Waals surface area (Å²) < 4.78 is 5.64. The fourth-order valence-electron chi connectivity index (χ4n) is 2.47. The molecule has 1 heterocycles. The number of carboxylic acid groups (broad SMARTS) is 1. The van der Waals surface area contributed by atoms with Crippen LogP contribution < -0.4 is 5.32 Å². The van der Waals surface area contributed by atoms with Gasteiger partial charge < -0.3 is 14.8 Å². The zero-order valence-electron chi connectivity index (χ0n) is 14.6. The van der Waals surface area contributed by atoms with Gasteiger partial charge in [0.1, 0.15) is 23.2 Å². The zero-order chi connectivity index (χ0) is 21.0. The number of hydrogen-bond acceptors (Lipinski definition) is 4. The number of hydrogen-bond donors (Lipinski definition) is 2. The van der Waals surface area contributed by atoms with E-state index in [0.717, 1.165) is 0 Å². The molecule has 0 saturated carbocycles. The Hall–Kier alpha value is -3.53. The predicted octanol–water partition coefficient (Wildman–Crippen LogP) is 5.50. The number of anilines is 1. The Morgan fingerprint density at radius 2 is 1.83 bits per heavy atom. The lowest BCUT2D eigenvalue weighted by atomic mass is 10.1. The molecule has 0 saturated heterocycles. The lowest BCUT2D eigenvalue weighted by Crippen LogP contribution is -2.13. The average molecular weight is 427 g/mol. The molecule has 8 heteroatoms. The minimum Gasteiger partial charge on any atom is -0.478 e. The summed E-state index contributed by atoms with van der Waals surface area (Å²) in [6, 6.07) is 16.1. The van der Waals surface area contributed by atoms with Crippen LogP contribution in [0.1, 0.15) is 16.1 Å². The third kappa shape index (κ3) is 4.66. The van der Waals surface area contributed by atoms with Gasteiger partial charge in [0.25, 0.3) is 5.91 Å². The van der Waals surface area contributed by atoms with E-state index in [1.54, 1.807) is 42.5 Å². The Kier molecular flexibility index (Phi) is 6.03. The normalized spacial score (nSPS) is 11.0. The lowest BCUT2D eigenvalue weighted by Gasteiger charge is -2.05. The standard InChI is InChI=1S/C21H12Cl2N2O4/c22-16-3-1-2-4-18(16)25-20(26)13(11-24)9-14-6-8-19(29-14)12-5-7-15(21(27)28)17(23)10-12/h1-10H,(H,25,26)(H,27,28)/b13-9-. The first kappa shape index (κ1) is 20.2. The van der Waals surface area contributed by atoms with E-state index in [-0.39, 0.29) is 21.9 Å². The van der Waals surface area contributed by atoms with E-state index in [2.05, 4.69) is 5.32 Å². The van der Waals surface area contributed by atoms with Gasteiger partial charge in [-0.25, -0.2) is 4.79 Å². The Bertz CT molecular complexity index is 1180. The van der Waals surface area contributed by atoms with Crippen molar-refractivity contribution in [3.05, 3.63) is 81.5 Å². The van der Waals surface area contributed by atoms with Crippen LogP contribution in [0.15, 0.2) is 64.6 Å².